The lowest BCUT2D eigenvalue weighted by Crippen LogP contribution is -2.32. The minimum absolute atomic E-state index is 0.00155. The summed E-state index contributed by atoms with van der Waals surface area (Å²) in [5.74, 6) is 0.979. The van der Waals surface area contributed by atoms with Crippen LogP contribution in [-0.2, 0) is 9.59 Å². The smallest absolute Gasteiger partial charge is 0.261 e. The molecule has 2 atom stereocenters. The van der Waals surface area contributed by atoms with Crippen molar-refractivity contribution in [3.05, 3.63) is 55.9 Å². The van der Waals surface area contributed by atoms with Crippen LogP contribution in [0.4, 0.5) is 0 Å². The molecule has 1 amide bonds. The number of amides is 1. The third-order valence-electron chi connectivity index (χ3n) is 11.0. The maximum absolute atomic E-state index is 14.9. The molecule has 1 aliphatic rings. The van der Waals surface area contributed by atoms with Crippen LogP contribution >= 0.6 is 22.7 Å². The van der Waals surface area contributed by atoms with E-state index in [1.165, 1.54) is 141 Å². The van der Waals surface area contributed by atoms with Gasteiger partial charge in [0.15, 0.2) is 6.29 Å². The van der Waals surface area contributed by atoms with Gasteiger partial charge in [0.1, 0.15) is 0 Å². The molecule has 0 saturated heterocycles. The van der Waals surface area contributed by atoms with Gasteiger partial charge in [0.2, 0.25) is 0 Å². The molecule has 0 saturated carbocycles. The van der Waals surface area contributed by atoms with Gasteiger partial charge in [-0.05, 0) is 60.4 Å². The van der Waals surface area contributed by atoms with Crippen LogP contribution in [0.25, 0.3) is 11.4 Å². The molecule has 0 radical (unpaired) electrons. The molecule has 2 aromatic rings. The quantitative estimate of drug-likeness (QED) is 0.0460. The Labute approximate surface area is 327 Å². The number of carbonyl (C=O) groups excluding carboxylic acids is 2. The molecule has 4 nitrogen and oxygen atoms in total. The fraction of sp³-hybridized carbons (Fsp3) is 0.696. The lowest BCUT2D eigenvalue weighted by Gasteiger charge is -2.26. The van der Waals surface area contributed by atoms with Crippen molar-refractivity contribution in [2.24, 2.45) is 11.8 Å². The minimum atomic E-state index is -0.00155. The Morgan fingerprint density at radius 2 is 1.13 bits per heavy atom. The summed E-state index contributed by atoms with van der Waals surface area (Å²) >= 11 is 3.29. The average molecular weight is 751 g/mol. The second-order valence-corrected chi connectivity index (χ2v) is 17.3. The minimum Gasteiger partial charge on any atom is -0.383 e. The van der Waals surface area contributed by atoms with Gasteiger partial charge in [-0.2, -0.15) is 0 Å². The largest absolute Gasteiger partial charge is 0.383 e. The fourth-order valence-corrected chi connectivity index (χ4v) is 9.42. The number of nitrogens with zero attached hydrogens (tertiary/aromatic N) is 1. The van der Waals surface area contributed by atoms with Gasteiger partial charge < -0.3 is 10.2 Å². The SMILES string of the molecule is CCCCCCCCC(CCCCCC)CN/C(=C1/C(=O)N(CC(CCCCCC)CCCCCCCC)C(c2cccs2)=C1C=O)c1cccs1. The third kappa shape index (κ3) is 15.3. The monoisotopic (exact) mass is 751 g/mol. The molecule has 1 N–H and O–H groups in total. The first-order chi connectivity index (χ1) is 25.6. The summed E-state index contributed by atoms with van der Waals surface area (Å²) in [4.78, 5) is 32.2. The summed E-state index contributed by atoms with van der Waals surface area (Å²) < 4.78 is 0. The molecule has 0 spiro atoms. The molecule has 6 heteroatoms. The molecule has 0 aliphatic carbocycles. The summed E-state index contributed by atoms with van der Waals surface area (Å²) in [6.07, 6.45) is 31.3. The van der Waals surface area contributed by atoms with Crippen molar-refractivity contribution < 1.29 is 9.59 Å². The highest BCUT2D eigenvalue weighted by atomic mass is 32.1. The number of nitrogens with one attached hydrogen (secondary N) is 1. The number of aldehydes is 1. The molecule has 2 aromatic heterocycles. The summed E-state index contributed by atoms with van der Waals surface area (Å²) in [7, 11) is 0. The second-order valence-electron chi connectivity index (χ2n) is 15.4. The molecule has 292 valence electrons. The molecule has 1 aliphatic heterocycles. The van der Waals surface area contributed by atoms with Crippen molar-refractivity contribution in [3.63, 3.8) is 0 Å². The lowest BCUT2D eigenvalue weighted by molar-refractivity contribution is -0.123. The van der Waals surface area contributed by atoms with Gasteiger partial charge in [0, 0.05) is 13.1 Å². The van der Waals surface area contributed by atoms with Crippen LogP contribution in [0.2, 0.25) is 0 Å². The molecule has 2 unspecified atom stereocenters. The van der Waals surface area contributed by atoms with Gasteiger partial charge in [0.25, 0.3) is 5.91 Å². The molecule has 3 heterocycles. The Morgan fingerprint density at radius 3 is 1.62 bits per heavy atom. The molecule has 52 heavy (non-hydrogen) atoms. The van der Waals surface area contributed by atoms with Gasteiger partial charge in [-0.3, -0.25) is 9.59 Å². The highest BCUT2D eigenvalue weighted by Gasteiger charge is 2.39. The highest BCUT2D eigenvalue weighted by Crippen LogP contribution is 2.41. The number of hydrogen-bond donors (Lipinski definition) is 1. The van der Waals surface area contributed by atoms with E-state index in [-0.39, 0.29) is 5.91 Å². The Bertz CT molecular complexity index is 1280. The van der Waals surface area contributed by atoms with Crippen molar-refractivity contribution in [2.45, 2.75) is 182 Å². The second kappa shape index (κ2) is 27.4. The first-order valence-electron chi connectivity index (χ1n) is 21.7. The van der Waals surface area contributed by atoms with E-state index in [4.69, 9.17) is 0 Å². The molecular formula is C46H74N2O2S2. The zero-order chi connectivity index (χ0) is 37.2. The van der Waals surface area contributed by atoms with Crippen molar-refractivity contribution >= 4 is 46.3 Å². The van der Waals surface area contributed by atoms with Crippen molar-refractivity contribution in [2.75, 3.05) is 13.1 Å². The molecule has 3 rings (SSSR count). The van der Waals surface area contributed by atoms with E-state index in [0.29, 0.717) is 29.5 Å². The van der Waals surface area contributed by atoms with E-state index in [1.807, 2.05) is 11.0 Å². The third-order valence-corrected chi connectivity index (χ3v) is 12.8. The van der Waals surface area contributed by atoms with Crippen LogP contribution < -0.4 is 5.32 Å². The first kappa shape index (κ1) is 44.2. The predicted molar refractivity (Wildman–Crippen MR) is 229 cm³/mol. The van der Waals surface area contributed by atoms with Crippen LogP contribution in [0, 0.1) is 11.8 Å². The highest BCUT2D eigenvalue weighted by molar-refractivity contribution is 7.11. The van der Waals surface area contributed by atoms with E-state index in [2.05, 4.69) is 62.0 Å². The first-order valence-corrected chi connectivity index (χ1v) is 23.4. The van der Waals surface area contributed by atoms with Crippen LogP contribution in [0.15, 0.2) is 46.2 Å². The average Bonchev–Trinajstić information content (AvgIpc) is 3.94. The molecule has 0 fully saturated rings. The van der Waals surface area contributed by atoms with Crippen molar-refractivity contribution in [1.82, 2.24) is 10.2 Å². The summed E-state index contributed by atoms with van der Waals surface area (Å²) in [6.45, 7) is 10.6. The van der Waals surface area contributed by atoms with Crippen LogP contribution in [-0.4, -0.2) is 30.2 Å². The number of thiophene rings is 2. The standard InChI is InChI=1S/C46H74N2O2S2/c1-5-9-13-17-19-23-28-38(27-21-15-11-7-3)35-47-44(41-31-25-33-51-41)43-40(37-49)45(42-32-26-34-52-42)48(46(43)50)36-39(29-22-16-12-8-4)30-24-20-18-14-10-6-2/h25-26,31-34,37-39,47H,5-24,27-30,35-36H2,1-4H3/b44-43+. The Hall–Kier alpha value is -2.18. The zero-order valence-electron chi connectivity index (χ0n) is 33.7. The number of hydrogen-bond acceptors (Lipinski definition) is 5. The van der Waals surface area contributed by atoms with Gasteiger partial charge in [-0.25, -0.2) is 0 Å². The Balaban J connectivity index is 1.92. The number of carbonyl (C=O) groups is 2. The number of unbranched alkanes of at least 4 members (excludes halogenated alkanes) is 16. The summed E-state index contributed by atoms with van der Waals surface area (Å²) in [5, 5.41) is 8.02. The summed E-state index contributed by atoms with van der Waals surface area (Å²) in [5.41, 5.74) is 2.82. The Kier molecular flexibility index (Phi) is 23.3. The summed E-state index contributed by atoms with van der Waals surface area (Å²) in [6, 6.07) is 8.31. The van der Waals surface area contributed by atoms with E-state index in [0.717, 1.165) is 46.8 Å². The van der Waals surface area contributed by atoms with E-state index in [1.54, 1.807) is 22.7 Å². The maximum Gasteiger partial charge on any atom is 0.261 e. The normalized spacial score (nSPS) is 15.5. The molecular weight excluding hydrogens is 677 g/mol. The predicted octanol–water partition coefficient (Wildman–Crippen LogP) is 14.2. The van der Waals surface area contributed by atoms with Crippen molar-refractivity contribution in [1.29, 1.82) is 0 Å². The van der Waals surface area contributed by atoms with Gasteiger partial charge in [0.05, 0.1) is 32.3 Å². The van der Waals surface area contributed by atoms with Gasteiger partial charge in [-0.1, -0.05) is 168 Å². The van der Waals surface area contributed by atoms with Crippen LogP contribution in [0.3, 0.4) is 0 Å². The lowest BCUT2D eigenvalue weighted by atomic mass is 9.93. The zero-order valence-corrected chi connectivity index (χ0v) is 35.3. The topological polar surface area (TPSA) is 49.4 Å². The molecule has 0 bridgehead atoms. The van der Waals surface area contributed by atoms with E-state index >= 15 is 0 Å². The fourth-order valence-electron chi connectivity index (χ4n) is 7.87. The number of rotatable bonds is 32. The molecule has 0 aromatic carbocycles. The maximum atomic E-state index is 14.9. The Morgan fingerprint density at radius 1 is 0.654 bits per heavy atom. The van der Waals surface area contributed by atoms with Crippen molar-refractivity contribution in [3.8, 4) is 0 Å². The van der Waals surface area contributed by atoms with Crippen LogP contribution in [0.1, 0.15) is 192 Å². The van der Waals surface area contributed by atoms with Crippen LogP contribution in [0.5, 0.6) is 0 Å². The van der Waals surface area contributed by atoms with Gasteiger partial charge in [-0.15, -0.1) is 22.7 Å². The van der Waals surface area contributed by atoms with E-state index < -0.39 is 0 Å². The van der Waals surface area contributed by atoms with Gasteiger partial charge >= 0.3 is 0 Å². The van der Waals surface area contributed by atoms with E-state index in [9.17, 15) is 9.59 Å².